The molecule has 2 saturated heterocycles. The van der Waals surface area contributed by atoms with Gasteiger partial charge in [-0.15, -0.1) is 24.2 Å². The number of likely N-dealkylation sites (N-methyl/N-ethyl adjacent to an activating group) is 1. The van der Waals surface area contributed by atoms with Crippen molar-refractivity contribution in [2.24, 2.45) is 5.92 Å². The summed E-state index contributed by atoms with van der Waals surface area (Å²) in [5.74, 6) is 0.0668. The highest BCUT2D eigenvalue weighted by Crippen LogP contribution is 2.68. The van der Waals surface area contributed by atoms with Crippen molar-refractivity contribution in [3.05, 3.63) is 64.2 Å². The van der Waals surface area contributed by atoms with E-state index in [0.717, 1.165) is 41.2 Å². The number of piperidine rings is 1. The molecule has 0 aromatic heterocycles. The monoisotopic (exact) mass is 436 g/mol. The van der Waals surface area contributed by atoms with Gasteiger partial charge in [0.1, 0.15) is 0 Å². The smallest absolute Gasteiger partial charge is 0.306 e. The van der Waals surface area contributed by atoms with Gasteiger partial charge in [-0.2, -0.15) is 0 Å². The van der Waals surface area contributed by atoms with E-state index in [1.165, 1.54) is 21.6 Å². The lowest BCUT2D eigenvalue weighted by atomic mass is 9.82. The first kappa shape index (κ1) is 20.1. The first-order valence-corrected chi connectivity index (χ1v) is 11.0. The molecule has 6 heteroatoms. The van der Waals surface area contributed by atoms with E-state index < -0.39 is 5.97 Å². The van der Waals surface area contributed by atoms with Crippen molar-refractivity contribution >= 4 is 41.7 Å². The Hall–Kier alpha value is -1.20. The summed E-state index contributed by atoms with van der Waals surface area (Å²) in [6.45, 7) is 4.19. The van der Waals surface area contributed by atoms with Crippen molar-refractivity contribution in [2.75, 3.05) is 13.1 Å². The lowest BCUT2D eigenvalue weighted by molar-refractivity contribution is -0.845. The Labute approximate surface area is 181 Å². The van der Waals surface area contributed by atoms with Crippen LogP contribution in [0.5, 0.6) is 0 Å². The maximum Gasteiger partial charge on any atom is 0.306 e. The number of benzene rings is 2. The van der Waals surface area contributed by atoms with Gasteiger partial charge >= 0.3 is 5.97 Å². The minimum absolute atomic E-state index is 0. The van der Waals surface area contributed by atoms with Gasteiger partial charge in [0, 0.05) is 39.6 Å². The number of hydrogen-bond acceptors (Lipinski definition) is 2. The number of fused-ring (bicyclic) bond motifs is 7. The van der Waals surface area contributed by atoms with Crippen LogP contribution in [-0.2, 0) is 16.1 Å². The zero-order valence-corrected chi connectivity index (χ0v) is 18.1. The molecule has 3 heterocycles. The van der Waals surface area contributed by atoms with Crippen LogP contribution in [0.3, 0.4) is 0 Å². The van der Waals surface area contributed by atoms with Crippen LogP contribution in [0.4, 0.5) is 0 Å². The largest absolute Gasteiger partial charge is 0.481 e. The molecule has 0 radical (unpaired) electrons. The third-order valence-corrected chi connectivity index (χ3v) is 8.53. The van der Waals surface area contributed by atoms with Gasteiger partial charge < -0.3 is 5.11 Å². The van der Waals surface area contributed by atoms with Crippen LogP contribution in [0.15, 0.2) is 47.4 Å². The quantitative estimate of drug-likeness (QED) is 0.510. The maximum atomic E-state index is 11.8. The molecule has 1 N–H and O–H groups in total. The lowest BCUT2D eigenvalue weighted by Crippen LogP contribution is -2.41. The summed E-state index contributed by atoms with van der Waals surface area (Å²) in [4.78, 5) is 13.1. The molecule has 0 bridgehead atoms. The molecular formula is C22H24Cl2NO2S+. The second-order valence-electron chi connectivity index (χ2n) is 8.00. The molecule has 0 saturated carbocycles. The molecule has 3 unspecified atom stereocenters. The number of quaternary nitrogens is 1. The van der Waals surface area contributed by atoms with Crippen LogP contribution in [0.2, 0.25) is 5.02 Å². The summed E-state index contributed by atoms with van der Waals surface area (Å²) in [5.41, 5.74) is 3.92. The zero-order valence-electron chi connectivity index (χ0n) is 15.7. The van der Waals surface area contributed by atoms with E-state index in [9.17, 15) is 9.90 Å². The Morgan fingerprint density at radius 1 is 1.29 bits per heavy atom. The van der Waals surface area contributed by atoms with E-state index in [4.69, 9.17) is 11.6 Å². The highest BCUT2D eigenvalue weighted by atomic mass is 35.5. The summed E-state index contributed by atoms with van der Waals surface area (Å²) in [7, 11) is 0. The molecule has 1 spiro atoms. The first-order valence-electron chi connectivity index (χ1n) is 9.65. The van der Waals surface area contributed by atoms with E-state index in [0.29, 0.717) is 6.04 Å². The fourth-order valence-electron chi connectivity index (χ4n) is 6.02. The molecule has 3 aliphatic rings. The molecular weight excluding hydrogens is 413 g/mol. The lowest BCUT2D eigenvalue weighted by Gasteiger charge is -2.30. The van der Waals surface area contributed by atoms with Gasteiger partial charge in [-0.3, -0.25) is 9.28 Å². The number of carbonyl (C=O) groups is 1. The molecule has 3 nitrogen and oxygen atoms in total. The van der Waals surface area contributed by atoms with Crippen molar-refractivity contribution in [2.45, 2.75) is 42.0 Å². The number of nitrogens with zero attached hydrogens (tertiary/aromatic N) is 1. The van der Waals surface area contributed by atoms with Crippen molar-refractivity contribution in [1.82, 2.24) is 0 Å². The van der Waals surface area contributed by atoms with E-state index in [-0.39, 0.29) is 23.9 Å². The minimum atomic E-state index is -0.645. The highest BCUT2D eigenvalue weighted by molar-refractivity contribution is 7.98. The van der Waals surface area contributed by atoms with E-state index in [1.54, 1.807) is 0 Å². The number of aliphatic carboxylic acids is 1. The second kappa shape index (κ2) is 6.94. The van der Waals surface area contributed by atoms with Crippen molar-refractivity contribution in [3.8, 4) is 0 Å². The van der Waals surface area contributed by atoms with Gasteiger partial charge in [-0.05, 0) is 30.7 Å². The van der Waals surface area contributed by atoms with Crippen molar-refractivity contribution in [1.29, 1.82) is 0 Å². The molecule has 4 atom stereocenters. The number of carboxylic acid groups (broad SMARTS) is 1. The SMILES string of the molecule is CC[N+]12CCC(C(=O)O)CC1[C@]21c2ccccc2CSc2ccc(Cl)cc21.Cl. The van der Waals surface area contributed by atoms with Crippen LogP contribution in [0.1, 0.15) is 36.5 Å². The normalized spacial score (nSPS) is 32.4. The van der Waals surface area contributed by atoms with E-state index in [1.807, 2.05) is 17.8 Å². The first-order chi connectivity index (χ1) is 13.0. The number of rotatable bonds is 2. The Morgan fingerprint density at radius 2 is 2.07 bits per heavy atom. The fourth-order valence-corrected chi connectivity index (χ4v) is 7.28. The molecule has 2 aromatic carbocycles. The van der Waals surface area contributed by atoms with Crippen molar-refractivity contribution < 1.29 is 14.4 Å². The van der Waals surface area contributed by atoms with Crippen LogP contribution in [0.25, 0.3) is 0 Å². The molecule has 5 rings (SSSR count). The van der Waals surface area contributed by atoms with Crippen LogP contribution < -0.4 is 0 Å². The Kier molecular flexibility index (Phi) is 4.98. The molecule has 0 aliphatic carbocycles. The number of hydrogen-bond donors (Lipinski definition) is 1. The fraction of sp³-hybridized carbons (Fsp3) is 0.409. The van der Waals surface area contributed by atoms with Crippen molar-refractivity contribution in [3.63, 3.8) is 0 Å². The second-order valence-corrected chi connectivity index (χ2v) is 9.46. The van der Waals surface area contributed by atoms with Gasteiger partial charge in [-0.1, -0.05) is 35.9 Å². The average Bonchev–Trinajstić information content (AvgIpc) is 3.33. The molecule has 3 aliphatic heterocycles. The molecule has 2 fully saturated rings. The zero-order chi connectivity index (χ0) is 18.8. The van der Waals surface area contributed by atoms with Gasteiger partial charge in [-0.25, -0.2) is 0 Å². The van der Waals surface area contributed by atoms with Gasteiger partial charge in [0.2, 0.25) is 5.54 Å². The predicted octanol–water partition coefficient (Wildman–Crippen LogP) is 5.32. The van der Waals surface area contributed by atoms with Crippen LogP contribution >= 0.6 is 35.8 Å². The number of halogens is 2. The average molecular weight is 437 g/mol. The van der Waals surface area contributed by atoms with E-state index >= 15 is 0 Å². The molecule has 0 amide bonds. The summed E-state index contributed by atoms with van der Waals surface area (Å²) < 4.78 is 0.974. The van der Waals surface area contributed by atoms with Gasteiger partial charge in [0.05, 0.1) is 19.0 Å². The third kappa shape index (κ3) is 2.44. The van der Waals surface area contributed by atoms with Crippen LogP contribution in [0, 0.1) is 5.92 Å². The Bertz CT molecular complexity index is 952. The minimum Gasteiger partial charge on any atom is -0.481 e. The molecule has 2 aromatic rings. The van der Waals surface area contributed by atoms with E-state index in [2.05, 4.69) is 43.3 Å². The maximum absolute atomic E-state index is 11.8. The standard InChI is InChI=1S/C22H22ClNO2S.ClH/c1-2-24-10-9-14(21(25)26)11-20(24)22(24)17-6-4-3-5-15(17)13-27-19-8-7-16(23)12-18(19)22;/h3-8,12,14,20H,2,9-11,13H2,1H3;1H/p+1/t14?,20?,22-,24?;/m1./s1. The highest BCUT2D eigenvalue weighted by Gasteiger charge is 2.82. The molecule has 148 valence electrons. The Balaban J connectivity index is 0.00000192. The summed E-state index contributed by atoms with van der Waals surface area (Å²) >= 11 is 8.35. The number of thioether (sulfide) groups is 1. The molecule has 28 heavy (non-hydrogen) atoms. The summed E-state index contributed by atoms with van der Waals surface area (Å²) in [6, 6.07) is 15.4. The number of carboxylic acids is 1. The van der Waals surface area contributed by atoms with Crippen LogP contribution in [-0.4, -0.2) is 34.7 Å². The summed E-state index contributed by atoms with van der Waals surface area (Å²) in [6.07, 6.45) is 1.50. The Morgan fingerprint density at radius 3 is 2.82 bits per heavy atom. The summed E-state index contributed by atoms with van der Waals surface area (Å²) in [5, 5.41) is 10.4. The van der Waals surface area contributed by atoms with Gasteiger partial charge in [0.15, 0.2) is 6.04 Å². The van der Waals surface area contributed by atoms with Gasteiger partial charge in [0.25, 0.3) is 0 Å². The predicted molar refractivity (Wildman–Crippen MR) is 115 cm³/mol. The third-order valence-electron chi connectivity index (χ3n) is 7.17. The topological polar surface area (TPSA) is 37.3 Å².